The summed E-state index contributed by atoms with van der Waals surface area (Å²) in [4.78, 5) is 22.9. The smallest absolute Gasteiger partial charge is 0.414 e. The number of benzene rings is 1. The zero-order chi connectivity index (χ0) is 16.4. The van der Waals surface area contributed by atoms with Gasteiger partial charge in [0.25, 0.3) is 0 Å². The number of hydrogen-bond acceptors (Lipinski definition) is 5. The number of nitriles is 1. The maximum atomic E-state index is 9.10. The summed E-state index contributed by atoms with van der Waals surface area (Å²) in [6.07, 6.45) is 0. The molecule has 22 heavy (non-hydrogen) atoms. The molecule has 118 valence electrons. The molecule has 0 bridgehead atoms. The molecule has 0 aliphatic carbocycles. The van der Waals surface area contributed by atoms with Gasteiger partial charge in [-0.15, -0.1) is 0 Å². The monoisotopic (exact) mass is 305 g/mol. The van der Waals surface area contributed by atoms with Crippen LogP contribution in [-0.4, -0.2) is 64.7 Å². The summed E-state index contributed by atoms with van der Waals surface area (Å²) < 4.78 is 0. The summed E-state index contributed by atoms with van der Waals surface area (Å²) in [5, 5.41) is 23.4. The number of aliphatic carboxylic acids is 2. The van der Waals surface area contributed by atoms with Crippen molar-refractivity contribution in [3.63, 3.8) is 0 Å². The standard InChI is InChI=1S/C13H17N3.C2H2O4/c14-6-7-15-8-10-16(11-9-15)12-13-4-2-1-3-5-13;3-1(4)2(5)6/h1-5H,7-12H2;(H,3,4)(H,5,6). The minimum absolute atomic E-state index is 0.569. The zero-order valence-corrected chi connectivity index (χ0v) is 12.2. The van der Waals surface area contributed by atoms with Gasteiger partial charge in [-0.2, -0.15) is 5.26 Å². The van der Waals surface area contributed by atoms with Crippen molar-refractivity contribution in [3.8, 4) is 6.07 Å². The Kier molecular flexibility index (Phi) is 7.61. The van der Waals surface area contributed by atoms with Gasteiger partial charge in [0.15, 0.2) is 0 Å². The molecule has 7 nitrogen and oxygen atoms in total. The molecule has 0 spiro atoms. The van der Waals surface area contributed by atoms with Crippen molar-refractivity contribution >= 4 is 11.9 Å². The Hall–Kier alpha value is -2.43. The normalized spacial score (nSPS) is 15.2. The molecule has 1 fully saturated rings. The fourth-order valence-electron chi connectivity index (χ4n) is 2.05. The maximum Gasteiger partial charge on any atom is 0.414 e. The van der Waals surface area contributed by atoms with Crippen molar-refractivity contribution in [3.05, 3.63) is 35.9 Å². The van der Waals surface area contributed by atoms with Crippen LogP contribution in [-0.2, 0) is 16.1 Å². The van der Waals surface area contributed by atoms with Crippen LogP contribution in [0.5, 0.6) is 0 Å². The molecule has 1 aromatic carbocycles. The van der Waals surface area contributed by atoms with Crippen LogP contribution >= 0.6 is 0 Å². The second-order valence-electron chi connectivity index (χ2n) is 4.81. The summed E-state index contributed by atoms with van der Waals surface area (Å²) in [5.41, 5.74) is 1.37. The predicted molar refractivity (Wildman–Crippen MR) is 79.0 cm³/mol. The van der Waals surface area contributed by atoms with E-state index in [1.54, 1.807) is 0 Å². The highest BCUT2D eigenvalue weighted by Crippen LogP contribution is 2.07. The minimum atomic E-state index is -1.82. The Morgan fingerprint density at radius 3 is 1.95 bits per heavy atom. The third-order valence-corrected chi connectivity index (χ3v) is 3.19. The second-order valence-corrected chi connectivity index (χ2v) is 4.81. The average Bonchev–Trinajstić information content (AvgIpc) is 2.51. The Bertz CT molecular complexity index is 507. The lowest BCUT2D eigenvalue weighted by Crippen LogP contribution is -2.45. The zero-order valence-electron chi connectivity index (χ0n) is 12.2. The van der Waals surface area contributed by atoms with E-state index in [1.807, 2.05) is 6.07 Å². The SMILES string of the molecule is N#CCN1CCN(Cc2ccccc2)CC1.O=C(O)C(=O)O. The fraction of sp³-hybridized carbons (Fsp3) is 0.400. The molecule has 1 aliphatic rings. The van der Waals surface area contributed by atoms with Crippen LogP contribution in [0.2, 0.25) is 0 Å². The van der Waals surface area contributed by atoms with Crippen molar-refractivity contribution in [2.24, 2.45) is 0 Å². The molecule has 0 amide bonds. The predicted octanol–water partition coefficient (Wildman–Crippen LogP) is 0.483. The van der Waals surface area contributed by atoms with E-state index in [9.17, 15) is 0 Å². The highest BCUT2D eigenvalue weighted by atomic mass is 16.4. The Morgan fingerprint density at radius 1 is 1.00 bits per heavy atom. The number of rotatable bonds is 3. The van der Waals surface area contributed by atoms with Gasteiger partial charge in [0.1, 0.15) is 0 Å². The van der Waals surface area contributed by atoms with E-state index < -0.39 is 11.9 Å². The highest BCUT2D eigenvalue weighted by molar-refractivity contribution is 6.27. The Labute approximate surface area is 129 Å². The van der Waals surface area contributed by atoms with E-state index >= 15 is 0 Å². The van der Waals surface area contributed by atoms with Crippen LogP contribution in [0.1, 0.15) is 5.56 Å². The molecule has 0 atom stereocenters. The number of hydrogen-bond donors (Lipinski definition) is 2. The summed E-state index contributed by atoms with van der Waals surface area (Å²) in [5.74, 6) is -3.65. The quantitative estimate of drug-likeness (QED) is 0.618. The molecule has 2 rings (SSSR count). The lowest BCUT2D eigenvalue weighted by atomic mass is 10.2. The van der Waals surface area contributed by atoms with E-state index in [0.29, 0.717) is 6.54 Å². The van der Waals surface area contributed by atoms with Gasteiger partial charge in [0.2, 0.25) is 0 Å². The summed E-state index contributed by atoms with van der Waals surface area (Å²) in [7, 11) is 0. The van der Waals surface area contributed by atoms with Crippen LogP contribution in [0.3, 0.4) is 0 Å². The van der Waals surface area contributed by atoms with Crippen molar-refractivity contribution in [1.82, 2.24) is 9.80 Å². The third kappa shape index (κ3) is 6.83. The summed E-state index contributed by atoms with van der Waals surface area (Å²) in [6, 6.07) is 12.8. The molecule has 7 heteroatoms. The lowest BCUT2D eigenvalue weighted by molar-refractivity contribution is -0.159. The molecule has 1 saturated heterocycles. The third-order valence-electron chi connectivity index (χ3n) is 3.19. The van der Waals surface area contributed by atoms with Gasteiger partial charge in [-0.25, -0.2) is 9.59 Å². The first-order valence-corrected chi connectivity index (χ1v) is 6.84. The summed E-state index contributed by atoms with van der Waals surface area (Å²) in [6.45, 7) is 5.76. The van der Waals surface area contributed by atoms with Gasteiger partial charge in [-0.1, -0.05) is 30.3 Å². The molecule has 0 aromatic heterocycles. The highest BCUT2D eigenvalue weighted by Gasteiger charge is 2.15. The van der Waals surface area contributed by atoms with Crippen LogP contribution < -0.4 is 0 Å². The van der Waals surface area contributed by atoms with Crippen molar-refractivity contribution < 1.29 is 19.8 Å². The van der Waals surface area contributed by atoms with E-state index in [0.717, 1.165) is 32.7 Å². The van der Waals surface area contributed by atoms with Crippen LogP contribution in [0, 0.1) is 11.3 Å². The van der Waals surface area contributed by atoms with Gasteiger partial charge in [-0.05, 0) is 5.56 Å². The van der Waals surface area contributed by atoms with E-state index in [2.05, 4.69) is 40.1 Å². The Morgan fingerprint density at radius 2 is 1.50 bits per heavy atom. The van der Waals surface area contributed by atoms with Crippen molar-refractivity contribution in [1.29, 1.82) is 5.26 Å². The fourth-order valence-corrected chi connectivity index (χ4v) is 2.05. The van der Waals surface area contributed by atoms with E-state index in [-0.39, 0.29) is 0 Å². The number of piperazine rings is 1. The molecular formula is C15H19N3O4. The first kappa shape index (κ1) is 17.6. The van der Waals surface area contributed by atoms with Crippen molar-refractivity contribution in [2.45, 2.75) is 6.54 Å². The maximum absolute atomic E-state index is 9.10. The number of carboxylic acids is 2. The average molecular weight is 305 g/mol. The molecule has 2 N–H and O–H groups in total. The lowest BCUT2D eigenvalue weighted by Gasteiger charge is -2.33. The largest absolute Gasteiger partial charge is 0.473 e. The molecule has 1 aliphatic heterocycles. The first-order valence-electron chi connectivity index (χ1n) is 6.84. The van der Waals surface area contributed by atoms with Gasteiger partial charge in [0.05, 0.1) is 12.6 Å². The Balaban J connectivity index is 0.000000346. The molecule has 0 saturated carbocycles. The van der Waals surface area contributed by atoms with Gasteiger partial charge >= 0.3 is 11.9 Å². The van der Waals surface area contributed by atoms with Crippen LogP contribution in [0.25, 0.3) is 0 Å². The minimum Gasteiger partial charge on any atom is -0.473 e. The van der Waals surface area contributed by atoms with E-state index in [4.69, 9.17) is 25.1 Å². The van der Waals surface area contributed by atoms with Gasteiger partial charge < -0.3 is 10.2 Å². The van der Waals surface area contributed by atoms with Gasteiger partial charge in [-0.3, -0.25) is 9.80 Å². The topological polar surface area (TPSA) is 105 Å². The summed E-state index contributed by atoms with van der Waals surface area (Å²) >= 11 is 0. The molecule has 1 heterocycles. The van der Waals surface area contributed by atoms with E-state index in [1.165, 1.54) is 5.56 Å². The molecule has 0 radical (unpaired) electrons. The number of carbonyl (C=O) groups is 2. The second kappa shape index (κ2) is 9.50. The van der Waals surface area contributed by atoms with Crippen LogP contribution in [0.15, 0.2) is 30.3 Å². The van der Waals surface area contributed by atoms with Crippen LogP contribution in [0.4, 0.5) is 0 Å². The molecular weight excluding hydrogens is 286 g/mol. The molecule has 0 unspecified atom stereocenters. The number of nitrogens with zero attached hydrogens (tertiary/aromatic N) is 3. The first-order chi connectivity index (χ1) is 10.5. The van der Waals surface area contributed by atoms with Crippen molar-refractivity contribution in [2.75, 3.05) is 32.7 Å². The number of carboxylic acid groups (broad SMARTS) is 2. The van der Waals surface area contributed by atoms with Gasteiger partial charge in [0, 0.05) is 32.7 Å². The molecule has 1 aromatic rings.